The number of hydrogen-bond donors (Lipinski definition) is 2. The van der Waals surface area contributed by atoms with Crippen molar-refractivity contribution in [1.82, 2.24) is 20.5 Å². The second-order valence-corrected chi connectivity index (χ2v) is 7.46. The Kier molecular flexibility index (Phi) is 6.07. The molecule has 0 aliphatic heterocycles. The zero-order valence-electron chi connectivity index (χ0n) is 14.8. The van der Waals surface area contributed by atoms with Crippen LogP contribution in [0.2, 0.25) is 0 Å². The lowest BCUT2D eigenvalue weighted by molar-refractivity contribution is -0.120. The Morgan fingerprint density at radius 1 is 1.08 bits per heavy atom. The number of nitrogens with one attached hydrogen (secondary N) is 2. The van der Waals surface area contributed by atoms with E-state index in [1.807, 2.05) is 55.5 Å². The highest BCUT2D eigenvalue weighted by molar-refractivity contribution is 8.00. The molecule has 0 spiro atoms. The first-order valence-electron chi connectivity index (χ1n) is 8.60. The molecule has 1 amide bonds. The second kappa shape index (κ2) is 8.67. The molecule has 3 aromatic rings. The van der Waals surface area contributed by atoms with E-state index < -0.39 is 0 Å². The smallest absolute Gasteiger partial charge is 0.233 e. The molecule has 3 rings (SSSR count). The fourth-order valence-electron chi connectivity index (χ4n) is 2.53. The Morgan fingerprint density at radius 2 is 1.73 bits per heavy atom. The number of carbonyl (C=O) groups is 1. The lowest BCUT2D eigenvalue weighted by atomic mass is 10.0. The van der Waals surface area contributed by atoms with Gasteiger partial charge in [0, 0.05) is 12.1 Å². The van der Waals surface area contributed by atoms with Gasteiger partial charge >= 0.3 is 0 Å². The zero-order valence-corrected chi connectivity index (χ0v) is 15.7. The van der Waals surface area contributed by atoms with Crippen molar-refractivity contribution in [3.63, 3.8) is 0 Å². The average Bonchev–Trinajstić information content (AvgIpc) is 3.15. The number of carbonyl (C=O) groups excluding carboxylic acids is 1. The van der Waals surface area contributed by atoms with E-state index in [0.29, 0.717) is 17.5 Å². The molecular formula is C20H22N4OS. The van der Waals surface area contributed by atoms with Crippen LogP contribution in [0.5, 0.6) is 0 Å². The maximum Gasteiger partial charge on any atom is 0.233 e. The van der Waals surface area contributed by atoms with E-state index in [-0.39, 0.29) is 17.1 Å². The molecule has 134 valence electrons. The van der Waals surface area contributed by atoms with Gasteiger partial charge in [-0.25, -0.2) is 4.98 Å². The van der Waals surface area contributed by atoms with Gasteiger partial charge in [0.2, 0.25) is 11.1 Å². The lowest BCUT2D eigenvalue weighted by Crippen LogP contribution is -2.33. The van der Waals surface area contributed by atoms with Gasteiger partial charge in [-0.3, -0.25) is 9.89 Å². The monoisotopic (exact) mass is 366 g/mol. The molecule has 26 heavy (non-hydrogen) atoms. The average molecular weight is 366 g/mol. The Labute approximate surface area is 157 Å². The number of aromatic amines is 1. The quantitative estimate of drug-likeness (QED) is 0.623. The summed E-state index contributed by atoms with van der Waals surface area (Å²) in [6.07, 6.45) is 0. The van der Waals surface area contributed by atoms with Gasteiger partial charge in [-0.1, -0.05) is 79.3 Å². The van der Waals surface area contributed by atoms with Crippen LogP contribution in [0.1, 0.15) is 25.3 Å². The number of H-pyrrole nitrogens is 1. The summed E-state index contributed by atoms with van der Waals surface area (Å²) in [6, 6.07) is 20.0. The van der Waals surface area contributed by atoms with Gasteiger partial charge in [-0.05, 0) is 18.4 Å². The van der Waals surface area contributed by atoms with Gasteiger partial charge in [-0.15, -0.1) is 5.10 Å². The number of thioether (sulfide) groups is 1. The van der Waals surface area contributed by atoms with Gasteiger partial charge in [0.1, 0.15) is 0 Å². The van der Waals surface area contributed by atoms with E-state index in [1.54, 1.807) is 0 Å². The molecular weight excluding hydrogens is 344 g/mol. The van der Waals surface area contributed by atoms with Crippen molar-refractivity contribution in [3.05, 3.63) is 66.2 Å². The maximum atomic E-state index is 12.4. The van der Waals surface area contributed by atoms with Gasteiger partial charge in [0.25, 0.3) is 0 Å². The van der Waals surface area contributed by atoms with Crippen molar-refractivity contribution < 1.29 is 4.79 Å². The fraction of sp³-hybridized carbons (Fsp3) is 0.250. The molecule has 2 atom stereocenters. The molecule has 0 saturated carbocycles. The zero-order chi connectivity index (χ0) is 18.4. The summed E-state index contributed by atoms with van der Waals surface area (Å²) in [4.78, 5) is 16.8. The molecule has 1 aromatic heterocycles. The van der Waals surface area contributed by atoms with Gasteiger partial charge in [0.05, 0.1) is 5.25 Å². The Hall–Kier alpha value is -2.60. The molecule has 0 unspecified atom stereocenters. The number of hydrogen-bond acceptors (Lipinski definition) is 4. The minimum Gasteiger partial charge on any atom is -0.355 e. The number of aromatic nitrogens is 3. The Bertz CT molecular complexity index is 835. The van der Waals surface area contributed by atoms with Crippen molar-refractivity contribution in [2.45, 2.75) is 30.2 Å². The Morgan fingerprint density at radius 3 is 2.42 bits per heavy atom. The van der Waals surface area contributed by atoms with Crippen LogP contribution in [0.25, 0.3) is 11.4 Å². The van der Waals surface area contributed by atoms with E-state index in [2.05, 4.69) is 39.6 Å². The predicted molar refractivity (Wildman–Crippen MR) is 105 cm³/mol. The third kappa shape index (κ3) is 4.73. The first-order chi connectivity index (χ1) is 12.6. The summed E-state index contributed by atoms with van der Waals surface area (Å²) in [5.74, 6) is 0.966. The number of rotatable bonds is 7. The van der Waals surface area contributed by atoms with E-state index in [1.165, 1.54) is 17.3 Å². The second-order valence-electron chi connectivity index (χ2n) is 6.15. The van der Waals surface area contributed by atoms with E-state index in [0.717, 1.165) is 5.56 Å². The fourth-order valence-corrected chi connectivity index (χ4v) is 3.28. The summed E-state index contributed by atoms with van der Waals surface area (Å²) in [6.45, 7) is 4.58. The Balaban J connectivity index is 1.52. The van der Waals surface area contributed by atoms with E-state index in [4.69, 9.17) is 0 Å². The first kappa shape index (κ1) is 18.2. The predicted octanol–water partition coefficient (Wildman–Crippen LogP) is 3.87. The molecule has 6 heteroatoms. The van der Waals surface area contributed by atoms with Gasteiger partial charge in [0.15, 0.2) is 5.82 Å². The van der Waals surface area contributed by atoms with Crippen LogP contribution in [0, 0.1) is 0 Å². The van der Waals surface area contributed by atoms with Crippen molar-refractivity contribution in [3.8, 4) is 11.4 Å². The third-order valence-electron chi connectivity index (χ3n) is 4.11. The molecule has 2 aromatic carbocycles. The van der Waals surface area contributed by atoms with Gasteiger partial charge < -0.3 is 5.32 Å². The molecule has 1 heterocycles. The molecule has 0 radical (unpaired) electrons. The molecule has 0 saturated heterocycles. The van der Waals surface area contributed by atoms with E-state index >= 15 is 0 Å². The highest BCUT2D eigenvalue weighted by atomic mass is 32.2. The molecule has 2 N–H and O–H groups in total. The topological polar surface area (TPSA) is 70.7 Å². The highest BCUT2D eigenvalue weighted by Crippen LogP contribution is 2.22. The van der Waals surface area contributed by atoms with Crippen LogP contribution >= 0.6 is 11.8 Å². The normalized spacial score (nSPS) is 13.2. The maximum absolute atomic E-state index is 12.4. The SMILES string of the molecule is C[C@H](CNC(=O)[C@@H](C)Sc1n[nH]c(-c2ccccc2)n1)c1ccccc1. The summed E-state index contributed by atoms with van der Waals surface area (Å²) in [5.41, 5.74) is 2.19. The van der Waals surface area contributed by atoms with E-state index in [9.17, 15) is 4.79 Å². The van der Waals surface area contributed by atoms with Crippen molar-refractivity contribution in [2.24, 2.45) is 0 Å². The number of nitrogens with zero attached hydrogens (tertiary/aromatic N) is 2. The molecule has 0 fully saturated rings. The van der Waals surface area contributed by atoms with Crippen LogP contribution in [-0.4, -0.2) is 32.9 Å². The minimum absolute atomic E-state index is 0.0103. The summed E-state index contributed by atoms with van der Waals surface area (Å²) < 4.78 is 0. The third-order valence-corrected chi connectivity index (χ3v) is 5.08. The largest absolute Gasteiger partial charge is 0.355 e. The molecule has 0 bridgehead atoms. The molecule has 5 nitrogen and oxygen atoms in total. The van der Waals surface area contributed by atoms with Crippen LogP contribution in [-0.2, 0) is 4.79 Å². The number of benzene rings is 2. The number of amides is 1. The van der Waals surface area contributed by atoms with Crippen LogP contribution in [0.4, 0.5) is 0 Å². The summed E-state index contributed by atoms with van der Waals surface area (Å²) in [7, 11) is 0. The van der Waals surface area contributed by atoms with Crippen LogP contribution < -0.4 is 5.32 Å². The van der Waals surface area contributed by atoms with Crippen molar-refractivity contribution >= 4 is 17.7 Å². The lowest BCUT2D eigenvalue weighted by Gasteiger charge is -2.15. The summed E-state index contributed by atoms with van der Waals surface area (Å²) in [5, 5.41) is 10.4. The van der Waals surface area contributed by atoms with Crippen molar-refractivity contribution in [2.75, 3.05) is 6.54 Å². The summed E-state index contributed by atoms with van der Waals surface area (Å²) >= 11 is 1.35. The minimum atomic E-state index is -0.266. The molecule has 0 aliphatic rings. The van der Waals surface area contributed by atoms with Crippen LogP contribution in [0.3, 0.4) is 0 Å². The standard InChI is InChI=1S/C20H22N4OS/c1-14(16-9-5-3-6-10-16)13-21-19(25)15(2)26-20-22-18(23-24-20)17-11-7-4-8-12-17/h3-12,14-15H,13H2,1-2H3,(H,21,25)(H,22,23,24)/t14-,15-/m1/s1. The van der Waals surface area contributed by atoms with Gasteiger partial charge in [-0.2, -0.15) is 0 Å². The molecule has 0 aliphatic carbocycles. The highest BCUT2D eigenvalue weighted by Gasteiger charge is 2.18. The van der Waals surface area contributed by atoms with Crippen molar-refractivity contribution in [1.29, 1.82) is 0 Å². The first-order valence-corrected chi connectivity index (χ1v) is 9.48. The van der Waals surface area contributed by atoms with Crippen LogP contribution in [0.15, 0.2) is 65.8 Å².